The van der Waals surface area contributed by atoms with Gasteiger partial charge in [0.25, 0.3) is 0 Å². The van der Waals surface area contributed by atoms with Crippen LogP contribution in [-0.4, -0.2) is 57.8 Å². The molecular formula is C16H28N2O3. The molecule has 0 heterocycles. The summed E-state index contributed by atoms with van der Waals surface area (Å²) in [6.07, 6.45) is -0.323. The van der Waals surface area contributed by atoms with Crippen LogP contribution in [0.1, 0.15) is 13.8 Å². The van der Waals surface area contributed by atoms with Crippen molar-refractivity contribution in [2.75, 3.05) is 50.7 Å². The lowest BCUT2D eigenvalue weighted by molar-refractivity contribution is -0.00734. The summed E-state index contributed by atoms with van der Waals surface area (Å²) in [7, 11) is 4.00. The van der Waals surface area contributed by atoms with Gasteiger partial charge in [-0.3, -0.25) is 0 Å². The molecule has 0 radical (unpaired) electrons. The van der Waals surface area contributed by atoms with Crippen molar-refractivity contribution in [2.45, 2.75) is 26.1 Å². The van der Waals surface area contributed by atoms with E-state index in [0.717, 1.165) is 11.4 Å². The van der Waals surface area contributed by atoms with E-state index in [9.17, 15) is 5.11 Å². The number of rotatable bonds is 10. The summed E-state index contributed by atoms with van der Waals surface area (Å²) in [6.45, 7) is 5.80. The van der Waals surface area contributed by atoms with E-state index in [1.807, 2.05) is 57.1 Å². The summed E-state index contributed by atoms with van der Waals surface area (Å²) < 4.78 is 10.7. The van der Waals surface area contributed by atoms with Crippen LogP contribution in [0, 0.1) is 0 Å². The fraction of sp³-hybridized carbons (Fsp3) is 0.625. The first-order chi connectivity index (χ1) is 9.99. The van der Waals surface area contributed by atoms with Crippen LogP contribution in [-0.2, 0) is 9.47 Å². The Balaban J connectivity index is 2.20. The molecule has 1 aromatic carbocycles. The monoisotopic (exact) mass is 296 g/mol. The Morgan fingerprint density at radius 2 is 2.00 bits per heavy atom. The second-order valence-electron chi connectivity index (χ2n) is 5.47. The Morgan fingerprint density at radius 1 is 1.24 bits per heavy atom. The fourth-order valence-corrected chi connectivity index (χ4v) is 1.75. The molecule has 0 aliphatic heterocycles. The molecule has 0 aliphatic rings. The van der Waals surface area contributed by atoms with Crippen molar-refractivity contribution in [3.8, 4) is 0 Å². The normalized spacial score (nSPS) is 12.5. The minimum atomic E-state index is -0.535. The van der Waals surface area contributed by atoms with Crippen LogP contribution in [0.25, 0.3) is 0 Å². The zero-order valence-corrected chi connectivity index (χ0v) is 13.5. The molecule has 5 nitrogen and oxygen atoms in total. The average Bonchev–Trinajstić information content (AvgIpc) is 2.44. The molecule has 0 saturated carbocycles. The lowest BCUT2D eigenvalue weighted by atomic mass is 10.2. The highest BCUT2D eigenvalue weighted by atomic mass is 16.5. The summed E-state index contributed by atoms with van der Waals surface area (Å²) in [4.78, 5) is 2.04. The zero-order valence-electron chi connectivity index (χ0n) is 13.5. The number of hydrogen-bond donors (Lipinski definition) is 2. The first-order valence-electron chi connectivity index (χ1n) is 7.37. The third-order valence-corrected chi connectivity index (χ3v) is 2.89. The van der Waals surface area contributed by atoms with Gasteiger partial charge in [0, 0.05) is 32.0 Å². The van der Waals surface area contributed by atoms with E-state index in [2.05, 4.69) is 5.32 Å². The molecule has 0 spiro atoms. The van der Waals surface area contributed by atoms with Gasteiger partial charge in [0.05, 0.1) is 32.0 Å². The number of ether oxygens (including phenoxy) is 2. The van der Waals surface area contributed by atoms with Crippen molar-refractivity contribution < 1.29 is 14.6 Å². The number of benzene rings is 1. The Labute approximate surface area is 127 Å². The molecule has 1 aromatic rings. The number of nitrogens with zero attached hydrogens (tertiary/aromatic N) is 1. The van der Waals surface area contributed by atoms with Gasteiger partial charge in [0.15, 0.2) is 0 Å². The van der Waals surface area contributed by atoms with Crippen molar-refractivity contribution in [1.29, 1.82) is 0 Å². The Bertz CT molecular complexity index is 397. The van der Waals surface area contributed by atoms with Crippen LogP contribution in [0.2, 0.25) is 0 Å². The van der Waals surface area contributed by atoms with E-state index in [4.69, 9.17) is 9.47 Å². The third-order valence-electron chi connectivity index (χ3n) is 2.89. The number of anilines is 2. The largest absolute Gasteiger partial charge is 0.389 e. The van der Waals surface area contributed by atoms with Crippen molar-refractivity contribution in [1.82, 2.24) is 0 Å². The van der Waals surface area contributed by atoms with E-state index < -0.39 is 6.10 Å². The van der Waals surface area contributed by atoms with E-state index >= 15 is 0 Å². The maximum absolute atomic E-state index is 9.86. The van der Waals surface area contributed by atoms with Crippen molar-refractivity contribution in [2.24, 2.45) is 0 Å². The number of hydrogen-bond acceptors (Lipinski definition) is 5. The molecule has 0 aliphatic carbocycles. The molecule has 0 bridgehead atoms. The van der Waals surface area contributed by atoms with Crippen LogP contribution >= 0.6 is 0 Å². The molecule has 1 unspecified atom stereocenters. The Morgan fingerprint density at radius 3 is 2.67 bits per heavy atom. The smallest absolute Gasteiger partial charge is 0.0945 e. The molecular weight excluding hydrogens is 268 g/mol. The Hall–Kier alpha value is -1.30. The lowest BCUT2D eigenvalue weighted by Crippen LogP contribution is -2.26. The van der Waals surface area contributed by atoms with Crippen molar-refractivity contribution >= 4 is 11.4 Å². The molecule has 0 fully saturated rings. The molecule has 0 amide bonds. The molecule has 1 rings (SSSR count). The molecule has 0 saturated heterocycles. The highest BCUT2D eigenvalue weighted by Gasteiger charge is 2.05. The van der Waals surface area contributed by atoms with Gasteiger partial charge in [0.2, 0.25) is 0 Å². The SMILES string of the molecule is CC(C)OCCOCC(O)CNc1cccc(N(C)C)c1. The molecule has 120 valence electrons. The molecule has 1 atom stereocenters. The number of aliphatic hydroxyl groups excluding tert-OH is 1. The predicted octanol–water partition coefficient (Wildman–Crippen LogP) is 1.97. The second-order valence-corrected chi connectivity index (χ2v) is 5.47. The lowest BCUT2D eigenvalue weighted by Gasteiger charge is -2.16. The van der Waals surface area contributed by atoms with Crippen molar-refractivity contribution in [3.63, 3.8) is 0 Å². The van der Waals surface area contributed by atoms with Gasteiger partial charge in [-0.2, -0.15) is 0 Å². The van der Waals surface area contributed by atoms with Crippen LogP contribution < -0.4 is 10.2 Å². The predicted molar refractivity (Wildman–Crippen MR) is 87.2 cm³/mol. The van der Waals surface area contributed by atoms with E-state index in [1.165, 1.54) is 0 Å². The minimum Gasteiger partial charge on any atom is -0.389 e. The summed E-state index contributed by atoms with van der Waals surface area (Å²) in [5.74, 6) is 0. The van der Waals surface area contributed by atoms with Gasteiger partial charge in [-0.05, 0) is 32.0 Å². The Kier molecular flexibility index (Phi) is 8.12. The highest BCUT2D eigenvalue weighted by molar-refractivity contribution is 5.57. The fourth-order valence-electron chi connectivity index (χ4n) is 1.75. The van der Waals surface area contributed by atoms with Gasteiger partial charge in [-0.25, -0.2) is 0 Å². The first kappa shape index (κ1) is 17.8. The van der Waals surface area contributed by atoms with E-state index in [1.54, 1.807) is 0 Å². The summed E-state index contributed by atoms with van der Waals surface area (Å²) in [5, 5.41) is 13.1. The maximum atomic E-state index is 9.86. The van der Waals surface area contributed by atoms with Gasteiger partial charge >= 0.3 is 0 Å². The van der Waals surface area contributed by atoms with Gasteiger partial charge in [0.1, 0.15) is 0 Å². The molecule has 21 heavy (non-hydrogen) atoms. The summed E-state index contributed by atoms with van der Waals surface area (Å²) in [5.41, 5.74) is 2.11. The summed E-state index contributed by atoms with van der Waals surface area (Å²) >= 11 is 0. The van der Waals surface area contributed by atoms with Gasteiger partial charge < -0.3 is 24.8 Å². The minimum absolute atomic E-state index is 0.212. The third kappa shape index (κ3) is 7.90. The number of aliphatic hydroxyl groups is 1. The average molecular weight is 296 g/mol. The molecule has 0 aromatic heterocycles. The quantitative estimate of drug-likeness (QED) is 0.647. The van der Waals surface area contributed by atoms with Crippen LogP contribution in [0.5, 0.6) is 0 Å². The van der Waals surface area contributed by atoms with E-state index in [0.29, 0.717) is 26.4 Å². The maximum Gasteiger partial charge on any atom is 0.0945 e. The van der Waals surface area contributed by atoms with Gasteiger partial charge in [-0.1, -0.05) is 6.07 Å². The van der Waals surface area contributed by atoms with Crippen LogP contribution in [0.3, 0.4) is 0 Å². The van der Waals surface area contributed by atoms with Crippen LogP contribution in [0.4, 0.5) is 11.4 Å². The van der Waals surface area contributed by atoms with Crippen molar-refractivity contribution in [3.05, 3.63) is 24.3 Å². The number of nitrogens with one attached hydrogen (secondary N) is 1. The molecule has 5 heteroatoms. The zero-order chi connectivity index (χ0) is 15.7. The van der Waals surface area contributed by atoms with E-state index in [-0.39, 0.29) is 6.10 Å². The highest BCUT2D eigenvalue weighted by Crippen LogP contribution is 2.17. The topological polar surface area (TPSA) is 54.0 Å². The summed E-state index contributed by atoms with van der Waals surface area (Å²) in [6, 6.07) is 8.06. The standard InChI is InChI=1S/C16H28N2O3/c1-13(2)21-9-8-20-12-16(19)11-17-14-6-5-7-15(10-14)18(3)4/h5-7,10,13,16-17,19H,8-9,11-12H2,1-4H3. The van der Waals surface area contributed by atoms with Gasteiger partial charge in [-0.15, -0.1) is 0 Å². The molecule has 2 N–H and O–H groups in total. The second kappa shape index (κ2) is 9.60. The first-order valence-corrected chi connectivity index (χ1v) is 7.37. The van der Waals surface area contributed by atoms with Crippen LogP contribution in [0.15, 0.2) is 24.3 Å².